The van der Waals surface area contributed by atoms with Crippen LogP contribution in [0.4, 0.5) is 4.79 Å². The van der Waals surface area contributed by atoms with Gasteiger partial charge in [-0.25, -0.2) is 9.59 Å². The van der Waals surface area contributed by atoms with Crippen LogP contribution < -0.4 is 26.6 Å². The Kier molecular flexibility index (Phi) is 15.6. The molecule has 0 radical (unpaired) electrons. The minimum absolute atomic E-state index is 0.00811. The van der Waals surface area contributed by atoms with E-state index in [-0.39, 0.29) is 43.1 Å². The zero-order valence-corrected chi connectivity index (χ0v) is 29.4. The van der Waals surface area contributed by atoms with Gasteiger partial charge in [0.05, 0.1) is 0 Å². The Labute approximate surface area is 283 Å². The fourth-order valence-electron chi connectivity index (χ4n) is 4.94. The third-order valence-corrected chi connectivity index (χ3v) is 7.43. The molecule has 48 heavy (non-hydrogen) atoms. The van der Waals surface area contributed by atoms with Crippen LogP contribution in [0.25, 0.3) is 0 Å². The van der Waals surface area contributed by atoms with Crippen LogP contribution in [0, 0.1) is 17.8 Å². The topological polar surface area (TPSA) is 181 Å². The highest BCUT2D eigenvalue weighted by Gasteiger charge is 2.33. The van der Waals surface area contributed by atoms with Crippen molar-refractivity contribution >= 4 is 35.7 Å². The van der Waals surface area contributed by atoms with Crippen LogP contribution in [-0.4, -0.2) is 72.0 Å². The third-order valence-electron chi connectivity index (χ3n) is 7.43. The number of carbonyl (C=O) groups is 6. The second kappa shape index (κ2) is 18.8. The monoisotopic (exact) mass is 671 g/mol. The molecule has 2 rings (SSSR count). The molecule has 0 aliphatic carbocycles. The van der Waals surface area contributed by atoms with Crippen molar-refractivity contribution in [1.29, 1.82) is 0 Å². The van der Waals surface area contributed by atoms with Crippen molar-refractivity contribution in [3.05, 3.63) is 48.0 Å². The van der Waals surface area contributed by atoms with E-state index in [1.807, 2.05) is 44.2 Å². The van der Waals surface area contributed by atoms with Crippen molar-refractivity contribution in [2.45, 2.75) is 111 Å². The van der Waals surface area contributed by atoms with Gasteiger partial charge in [0.25, 0.3) is 0 Å². The van der Waals surface area contributed by atoms with Crippen LogP contribution in [-0.2, 0) is 40.1 Å². The van der Waals surface area contributed by atoms with Gasteiger partial charge in [0, 0.05) is 24.6 Å². The summed E-state index contributed by atoms with van der Waals surface area (Å²) >= 11 is 0. The number of carbonyl (C=O) groups excluding carboxylic acids is 6. The molecule has 1 aromatic carbocycles. The van der Waals surface area contributed by atoms with Gasteiger partial charge in [-0.2, -0.15) is 0 Å². The van der Waals surface area contributed by atoms with E-state index < -0.39 is 59.6 Å². The normalized spacial score (nSPS) is 17.2. The Morgan fingerprint density at radius 3 is 2.15 bits per heavy atom. The number of alkyl carbamates (subject to hydrolysis) is 1. The largest absolute Gasteiger partial charge is 0.458 e. The van der Waals surface area contributed by atoms with E-state index in [0.29, 0.717) is 13.0 Å². The number of esters is 1. The van der Waals surface area contributed by atoms with Crippen molar-refractivity contribution in [3.8, 4) is 0 Å². The standard InChI is InChI=1S/C35H53N5O8/c1-21(2)18-27(39-33(45)29(22(3)4)40-30(42)23(5)37-34(46)48-35(6,7)8)32(44)38-26(19-25-16-17-36-31(25)43)14-15-28(41)47-20-24-12-10-9-11-13-24/h9-15,21-23,25-27,29H,16-20H2,1-8H3,(H,36,43)(H,37,46)(H,38,44)(H,39,45)(H,40,42)/b15-14+/t23-,25?,26+,27-,29-/m0/s1. The van der Waals surface area contributed by atoms with Crippen LogP contribution in [0.1, 0.15) is 80.2 Å². The van der Waals surface area contributed by atoms with Crippen LogP contribution in [0.15, 0.2) is 42.5 Å². The molecular formula is C35H53N5O8. The lowest BCUT2D eigenvalue weighted by Gasteiger charge is -2.28. The molecule has 13 heteroatoms. The maximum atomic E-state index is 13.7. The molecule has 13 nitrogen and oxygen atoms in total. The Morgan fingerprint density at radius 2 is 1.58 bits per heavy atom. The number of hydrogen-bond donors (Lipinski definition) is 5. The highest BCUT2D eigenvalue weighted by molar-refractivity contribution is 5.94. The molecule has 1 fully saturated rings. The second-order valence-electron chi connectivity index (χ2n) is 13.9. The van der Waals surface area contributed by atoms with Gasteiger partial charge in [-0.3, -0.25) is 19.2 Å². The number of ether oxygens (including phenoxy) is 2. The Morgan fingerprint density at radius 1 is 0.917 bits per heavy atom. The average molecular weight is 672 g/mol. The summed E-state index contributed by atoms with van der Waals surface area (Å²) in [7, 11) is 0. The molecule has 1 saturated heterocycles. The molecule has 0 aromatic heterocycles. The molecule has 1 unspecified atom stereocenters. The summed E-state index contributed by atoms with van der Waals surface area (Å²) in [5, 5.41) is 13.6. The van der Waals surface area contributed by atoms with Crippen molar-refractivity contribution < 1.29 is 38.2 Å². The van der Waals surface area contributed by atoms with E-state index in [4.69, 9.17) is 9.47 Å². The molecule has 0 spiro atoms. The molecule has 1 aliphatic rings. The minimum atomic E-state index is -1.01. The molecule has 5 atom stereocenters. The Bertz CT molecular complexity index is 1290. The van der Waals surface area contributed by atoms with Gasteiger partial charge in [-0.15, -0.1) is 0 Å². The van der Waals surface area contributed by atoms with Gasteiger partial charge in [-0.05, 0) is 64.4 Å². The van der Waals surface area contributed by atoms with Gasteiger partial charge in [-0.1, -0.05) is 64.1 Å². The van der Waals surface area contributed by atoms with Gasteiger partial charge in [0.15, 0.2) is 0 Å². The maximum Gasteiger partial charge on any atom is 0.408 e. The van der Waals surface area contributed by atoms with Crippen molar-refractivity contribution in [2.24, 2.45) is 17.8 Å². The summed E-state index contributed by atoms with van der Waals surface area (Å²) in [6.45, 7) is 14.5. The Hall–Kier alpha value is -4.42. The summed E-state index contributed by atoms with van der Waals surface area (Å²) in [5.41, 5.74) is 0.0695. The third kappa shape index (κ3) is 14.6. The first kappa shape index (κ1) is 39.8. The van der Waals surface area contributed by atoms with Crippen LogP contribution in [0.2, 0.25) is 0 Å². The van der Waals surface area contributed by atoms with Crippen LogP contribution in [0.3, 0.4) is 0 Å². The van der Waals surface area contributed by atoms with Crippen molar-refractivity contribution in [3.63, 3.8) is 0 Å². The molecule has 1 heterocycles. The summed E-state index contributed by atoms with van der Waals surface area (Å²) in [5.74, 6) is -3.13. The molecule has 1 aromatic rings. The number of amides is 5. The van der Waals surface area contributed by atoms with Gasteiger partial charge < -0.3 is 36.1 Å². The summed E-state index contributed by atoms with van der Waals surface area (Å²) in [4.78, 5) is 77.1. The number of benzene rings is 1. The molecule has 1 aliphatic heterocycles. The molecule has 0 bridgehead atoms. The highest BCUT2D eigenvalue weighted by atomic mass is 16.6. The summed E-state index contributed by atoms with van der Waals surface area (Å²) in [6.07, 6.45) is 3.07. The fraction of sp³-hybridized carbons (Fsp3) is 0.600. The van der Waals surface area contributed by atoms with Crippen LogP contribution >= 0.6 is 0 Å². The molecular weight excluding hydrogens is 618 g/mol. The van der Waals surface area contributed by atoms with E-state index >= 15 is 0 Å². The average Bonchev–Trinajstić information content (AvgIpc) is 3.39. The molecule has 0 saturated carbocycles. The van der Waals surface area contributed by atoms with E-state index in [0.717, 1.165) is 5.56 Å². The lowest BCUT2D eigenvalue weighted by molar-refractivity contribution is -0.139. The van der Waals surface area contributed by atoms with Crippen molar-refractivity contribution in [1.82, 2.24) is 26.6 Å². The number of hydrogen-bond acceptors (Lipinski definition) is 8. The number of rotatable bonds is 16. The minimum Gasteiger partial charge on any atom is -0.458 e. The zero-order valence-electron chi connectivity index (χ0n) is 29.4. The van der Waals surface area contributed by atoms with E-state index in [2.05, 4.69) is 26.6 Å². The smallest absolute Gasteiger partial charge is 0.408 e. The highest BCUT2D eigenvalue weighted by Crippen LogP contribution is 2.18. The van der Waals surface area contributed by atoms with Gasteiger partial charge in [0.2, 0.25) is 23.6 Å². The van der Waals surface area contributed by atoms with E-state index in [1.165, 1.54) is 19.1 Å². The zero-order chi connectivity index (χ0) is 36.0. The van der Waals surface area contributed by atoms with E-state index in [1.54, 1.807) is 34.6 Å². The predicted octanol–water partition coefficient (Wildman–Crippen LogP) is 2.88. The summed E-state index contributed by atoms with van der Waals surface area (Å²) < 4.78 is 10.5. The molecule has 5 N–H and O–H groups in total. The van der Waals surface area contributed by atoms with Crippen LogP contribution in [0.5, 0.6) is 0 Å². The van der Waals surface area contributed by atoms with Gasteiger partial charge >= 0.3 is 12.1 Å². The predicted molar refractivity (Wildman–Crippen MR) is 180 cm³/mol. The van der Waals surface area contributed by atoms with Crippen molar-refractivity contribution in [2.75, 3.05) is 6.54 Å². The summed E-state index contributed by atoms with van der Waals surface area (Å²) in [6, 6.07) is 5.50. The van der Waals surface area contributed by atoms with Gasteiger partial charge in [0.1, 0.15) is 30.3 Å². The SMILES string of the molecule is CC(C)C[C@H](NC(=O)[C@@H](NC(=O)[C@H](C)NC(=O)OC(C)(C)C)C(C)C)C(=O)N[C@H](/C=C/C(=O)OCc1ccccc1)CC1CCNC1=O. The fourth-order valence-corrected chi connectivity index (χ4v) is 4.94. The quantitative estimate of drug-likeness (QED) is 0.131. The first-order chi connectivity index (χ1) is 22.4. The van der Waals surface area contributed by atoms with E-state index in [9.17, 15) is 28.8 Å². The second-order valence-corrected chi connectivity index (χ2v) is 13.9. The first-order valence-corrected chi connectivity index (χ1v) is 16.5. The molecule has 5 amide bonds. The Balaban J connectivity index is 2.14. The first-order valence-electron chi connectivity index (χ1n) is 16.5. The molecule has 266 valence electrons. The lowest BCUT2D eigenvalue weighted by Crippen LogP contribution is -2.58. The lowest BCUT2D eigenvalue weighted by atomic mass is 9.96. The maximum absolute atomic E-state index is 13.7. The number of nitrogens with one attached hydrogen (secondary N) is 5.